The van der Waals surface area contributed by atoms with Crippen molar-refractivity contribution in [1.29, 1.82) is 0 Å². The second kappa shape index (κ2) is 7.30. The molecule has 0 bridgehead atoms. The summed E-state index contributed by atoms with van der Waals surface area (Å²) in [7, 11) is -5.54. The summed E-state index contributed by atoms with van der Waals surface area (Å²) in [6, 6.07) is 0. The zero-order valence-corrected chi connectivity index (χ0v) is 17.9. The molecule has 0 aromatic rings. The fourth-order valence-electron chi connectivity index (χ4n) is 2.56. The Hall–Kier alpha value is -0.830. The molecule has 0 aromatic carbocycles. The van der Waals surface area contributed by atoms with Crippen molar-refractivity contribution in [3.63, 3.8) is 0 Å². The molecule has 156 valence electrons. The van der Waals surface area contributed by atoms with Gasteiger partial charge in [-0.25, -0.2) is 8.42 Å². The van der Waals surface area contributed by atoms with E-state index in [9.17, 15) is 26.4 Å². The molecule has 0 heterocycles. The molecule has 0 fully saturated rings. The van der Waals surface area contributed by atoms with Crippen LogP contribution in [-0.2, 0) is 19.6 Å². The molecule has 0 spiro atoms. The van der Waals surface area contributed by atoms with Crippen LogP contribution in [0.25, 0.3) is 0 Å². The van der Waals surface area contributed by atoms with Gasteiger partial charge < -0.3 is 4.74 Å². The van der Waals surface area contributed by atoms with E-state index in [2.05, 4.69) is 0 Å². The van der Waals surface area contributed by atoms with Crippen LogP contribution in [0.4, 0.5) is 13.2 Å². The van der Waals surface area contributed by atoms with Crippen LogP contribution in [0, 0.1) is 16.2 Å². The number of carbonyl (C=O) groups excluding carboxylic acids is 1. The summed E-state index contributed by atoms with van der Waals surface area (Å²) in [4.78, 5) is 12.8. The number of alkyl halides is 3. The lowest BCUT2D eigenvalue weighted by molar-refractivity contribution is -0.166. The molecule has 0 radical (unpaired) electrons. The fraction of sp³-hybridized carbons (Fsp3) is 0.941. The third-order valence-corrected chi connectivity index (χ3v) is 5.70. The predicted molar refractivity (Wildman–Crippen MR) is 94.8 cm³/mol. The minimum Gasteiger partial charge on any atom is -0.463 e. The van der Waals surface area contributed by atoms with Gasteiger partial charge in [-0.05, 0) is 38.0 Å². The van der Waals surface area contributed by atoms with Crippen LogP contribution in [0.2, 0.25) is 0 Å². The van der Waals surface area contributed by atoms with E-state index >= 15 is 0 Å². The third-order valence-electron chi connectivity index (χ3n) is 4.27. The van der Waals surface area contributed by atoms with Crippen molar-refractivity contribution in [2.45, 2.75) is 79.8 Å². The molecule has 5 nitrogen and oxygen atoms in total. The van der Waals surface area contributed by atoms with E-state index in [1.807, 2.05) is 41.5 Å². The lowest BCUT2D eigenvalue weighted by Crippen LogP contribution is -2.52. The summed E-state index contributed by atoms with van der Waals surface area (Å²) in [6.07, 6.45) is 0.497. The van der Waals surface area contributed by atoms with Gasteiger partial charge in [-0.15, -0.1) is 0 Å². The Morgan fingerprint density at radius 2 is 1.35 bits per heavy atom. The molecule has 26 heavy (non-hydrogen) atoms. The van der Waals surface area contributed by atoms with Gasteiger partial charge in [0.15, 0.2) is 0 Å². The number of rotatable bonds is 6. The Balaban J connectivity index is 5.36. The maximum absolute atomic E-state index is 12.8. The van der Waals surface area contributed by atoms with E-state index in [0.29, 0.717) is 6.42 Å². The zero-order chi connectivity index (χ0) is 21.4. The average molecular weight is 404 g/mol. The van der Waals surface area contributed by atoms with E-state index < -0.39 is 44.5 Å². The molecule has 1 N–H and O–H groups in total. The summed E-state index contributed by atoms with van der Waals surface area (Å²) in [5.41, 5.74) is -8.59. The monoisotopic (exact) mass is 403 g/mol. The van der Waals surface area contributed by atoms with Gasteiger partial charge >= 0.3 is 21.5 Å². The molecule has 1 atom stereocenters. The maximum Gasteiger partial charge on any atom is 0.511 e. The number of esters is 1. The van der Waals surface area contributed by atoms with Crippen LogP contribution >= 0.6 is 0 Å². The van der Waals surface area contributed by atoms with Crippen LogP contribution in [0.15, 0.2) is 0 Å². The van der Waals surface area contributed by atoms with E-state index in [4.69, 9.17) is 4.74 Å². The Morgan fingerprint density at radius 3 is 1.65 bits per heavy atom. The first-order valence-electron chi connectivity index (χ1n) is 8.32. The van der Waals surface area contributed by atoms with Gasteiger partial charge in [0.1, 0.15) is 6.61 Å². The Labute approximate surface area is 155 Å². The summed E-state index contributed by atoms with van der Waals surface area (Å²) >= 11 is 0. The lowest BCUT2D eigenvalue weighted by Gasteiger charge is -2.43. The number of nitrogens with one attached hydrogen (secondary N) is 1. The summed E-state index contributed by atoms with van der Waals surface area (Å²) in [5.74, 6) is -0.570. The minimum atomic E-state index is -5.54. The van der Waals surface area contributed by atoms with Gasteiger partial charge in [0.25, 0.3) is 0 Å². The summed E-state index contributed by atoms with van der Waals surface area (Å²) in [5, 5.41) is 0. The Bertz CT molecular complexity index is 613. The standard InChI is InChI=1S/C17H32F3NO4S/c1-13(2,3)10-16(9,14(4,5)6)12(22)25-11-15(7,8)21-26(23,24)17(18,19)20/h21H,10-11H2,1-9H3. The van der Waals surface area contributed by atoms with Crippen molar-refractivity contribution in [2.75, 3.05) is 6.61 Å². The molecule has 9 heteroatoms. The Morgan fingerprint density at radius 1 is 0.923 bits per heavy atom. The molecule has 0 aromatic heterocycles. The molecule has 0 amide bonds. The van der Waals surface area contributed by atoms with Gasteiger partial charge in [0.05, 0.1) is 11.0 Å². The molecule has 0 aliphatic rings. The normalized spacial score (nSPS) is 16.9. The average Bonchev–Trinajstić information content (AvgIpc) is 2.29. The van der Waals surface area contributed by atoms with E-state index in [0.717, 1.165) is 0 Å². The number of ether oxygens (including phenoxy) is 1. The second-order valence-corrected chi connectivity index (χ2v) is 11.5. The number of sulfonamides is 1. The molecule has 0 saturated carbocycles. The van der Waals surface area contributed by atoms with Crippen LogP contribution in [0.3, 0.4) is 0 Å². The number of hydrogen-bond acceptors (Lipinski definition) is 4. The summed E-state index contributed by atoms with van der Waals surface area (Å²) in [6.45, 7) is 15.3. The maximum atomic E-state index is 12.8. The summed E-state index contributed by atoms with van der Waals surface area (Å²) < 4.78 is 67.0. The van der Waals surface area contributed by atoms with Crippen LogP contribution in [0.5, 0.6) is 0 Å². The fourth-order valence-corrected chi connectivity index (χ4v) is 3.46. The van der Waals surface area contributed by atoms with Gasteiger partial charge in [0.2, 0.25) is 0 Å². The smallest absolute Gasteiger partial charge is 0.463 e. The van der Waals surface area contributed by atoms with E-state index in [-0.39, 0.29) is 5.41 Å². The van der Waals surface area contributed by atoms with Crippen molar-refractivity contribution in [3.8, 4) is 0 Å². The first kappa shape index (κ1) is 25.2. The van der Waals surface area contributed by atoms with E-state index in [1.54, 1.807) is 6.92 Å². The molecular weight excluding hydrogens is 371 g/mol. The first-order chi connectivity index (χ1) is 11.0. The SMILES string of the molecule is CC(C)(C)CC(C)(C(=O)OCC(C)(C)NS(=O)(=O)C(F)(F)F)C(C)(C)C. The highest BCUT2D eigenvalue weighted by molar-refractivity contribution is 7.90. The lowest BCUT2D eigenvalue weighted by atomic mass is 9.61. The molecule has 1 unspecified atom stereocenters. The van der Waals surface area contributed by atoms with E-state index in [1.165, 1.54) is 18.6 Å². The Kier molecular flexibility index (Phi) is 7.06. The molecule has 0 aliphatic heterocycles. The molecule has 0 aliphatic carbocycles. The van der Waals surface area contributed by atoms with Gasteiger partial charge in [-0.3, -0.25) is 4.79 Å². The van der Waals surface area contributed by atoms with Crippen molar-refractivity contribution in [2.24, 2.45) is 16.2 Å². The van der Waals surface area contributed by atoms with Gasteiger partial charge in [0, 0.05) is 0 Å². The quantitative estimate of drug-likeness (QED) is 0.674. The van der Waals surface area contributed by atoms with Crippen molar-refractivity contribution in [3.05, 3.63) is 0 Å². The van der Waals surface area contributed by atoms with Crippen LogP contribution in [0.1, 0.15) is 68.7 Å². The third kappa shape index (κ3) is 6.72. The molecule has 0 saturated heterocycles. The van der Waals surface area contributed by atoms with Crippen molar-refractivity contribution in [1.82, 2.24) is 4.72 Å². The van der Waals surface area contributed by atoms with Gasteiger partial charge in [-0.1, -0.05) is 41.5 Å². The molecule has 0 rings (SSSR count). The highest BCUT2D eigenvalue weighted by atomic mass is 32.2. The number of hydrogen-bond donors (Lipinski definition) is 1. The molecular formula is C17H32F3NO4S. The highest BCUT2D eigenvalue weighted by Gasteiger charge is 2.50. The van der Waals surface area contributed by atoms with Gasteiger partial charge in [-0.2, -0.15) is 17.9 Å². The van der Waals surface area contributed by atoms with Crippen LogP contribution < -0.4 is 4.72 Å². The predicted octanol–water partition coefficient (Wildman–Crippen LogP) is 4.24. The van der Waals surface area contributed by atoms with Crippen LogP contribution in [-0.4, -0.2) is 32.0 Å². The first-order valence-corrected chi connectivity index (χ1v) is 9.80. The zero-order valence-electron chi connectivity index (χ0n) is 17.1. The van der Waals surface area contributed by atoms with Crippen molar-refractivity contribution < 1.29 is 31.1 Å². The largest absolute Gasteiger partial charge is 0.511 e. The number of halogens is 3. The topological polar surface area (TPSA) is 72.5 Å². The number of carbonyl (C=O) groups is 1. The minimum absolute atomic E-state index is 0.186. The van der Waals surface area contributed by atoms with Crippen molar-refractivity contribution >= 4 is 16.0 Å². The second-order valence-electron chi connectivity index (χ2n) is 9.83. The highest BCUT2D eigenvalue weighted by Crippen LogP contribution is 2.47.